The molecule has 1 N–H and O–H groups in total. The van der Waals surface area contributed by atoms with Crippen LogP contribution in [0.2, 0.25) is 0 Å². The van der Waals surface area contributed by atoms with E-state index in [1.165, 1.54) is 12.1 Å². The second-order valence-corrected chi connectivity index (χ2v) is 7.17. The number of hydrogen-bond acceptors (Lipinski definition) is 3. The van der Waals surface area contributed by atoms with Gasteiger partial charge >= 0.3 is 0 Å². The van der Waals surface area contributed by atoms with Crippen LogP contribution in [0.5, 0.6) is 0 Å². The summed E-state index contributed by atoms with van der Waals surface area (Å²) in [5.41, 5.74) is -0.239. The number of piperidine rings is 1. The van der Waals surface area contributed by atoms with Gasteiger partial charge in [-0.1, -0.05) is 32.4 Å². The summed E-state index contributed by atoms with van der Waals surface area (Å²) in [5.74, 6) is -0.181. The molecule has 0 aromatic heterocycles. The van der Waals surface area contributed by atoms with Crippen molar-refractivity contribution < 1.29 is 14.0 Å². The van der Waals surface area contributed by atoms with Gasteiger partial charge in [-0.05, 0) is 18.1 Å². The third-order valence-electron chi connectivity index (χ3n) is 5.56. The van der Waals surface area contributed by atoms with Gasteiger partial charge < -0.3 is 9.80 Å². The fourth-order valence-electron chi connectivity index (χ4n) is 3.72. The Balaban J connectivity index is 1.69. The summed E-state index contributed by atoms with van der Waals surface area (Å²) in [6.45, 7) is 6.41. The standard InChI is InChI=1S/C19H26FN3O2/c1-3-14(2)13-23-17(24)12-21-19(23)8-10-22(11-9-19)18(25)15-6-4-5-7-16(15)20/h4-7,14,21H,3,8-13H2,1-2H3. The molecule has 2 heterocycles. The van der Waals surface area contributed by atoms with E-state index in [0.29, 0.717) is 38.4 Å². The molecule has 2 amide bonds. The van der Waals surface area contributed by atoms with Crippen LogP contribution in [0.4, 0.5) is 4.39 Å². The first-order valence-electron chi connectivity index (χ1n) is 9.06. The SMILES string of the molecule is CCC(C)CN1C(=O)CNC12CCN(C(=O)c1ccccc1F)CC2. The van der Waals surface area contributed by atoms with Gasteiger partial charge in [0.15, 0.2) is 0 Å². The Morgan fingerprint density at radius 1 is 1.32 bits per heavy atom. The molecular formula is C19H26FN3O2. The second kappa shape index (κ2) is 7.12. The zero-order chi connectivity index (χ0) is 18.0. The van der Waals surface area contributed by atoms with E-state index >= 15 is 0 Å². The van der Waals surface area contributed by atoms with Gasteiger partial charge in [0.25, 0.3) is 5.91 Å². The van der Waals surface area contributed by atoms with E-state index in [1.807, 2.05) is 4.90 Å². The van der Waals surface area contributed by atoms with Crippen molar-refractivity contribution in [2.75, 3.05) is 26.2 Å². The Bertz CT molecular complexity index is 656. The molecule has 3 rings (SSSR count). The number of carbonyl (C=O) groups excluding carboxylic acids is 2. The Kier molecular flexibility index (Phi) is 5.08. The molecule has 0 bridgehead atoms. The number of halogens is 1. The molecule has 1 aromatic rings. The fourth-order valence-corrected chi connectivity index (χ4v) is 3.72. The smallest absolute Gasteiger partial charge is 0.256 e. The summed E-state index contributed by atoms with van der Waals surface area (Å²) < 4.78 is 13.9. The van der Waals surface area contributed by atoms with Crippen LogP contribution < -0.4 is 5.32 Å². The zero-order valence-corrected chi connectivity index (χ0v) is 14.9. The molecule has 1 unspecified atom stereocenters. The van der Waals surface area contributed by atoms with Crippen molar-refractivity contribution in [1.29, 1.82) is 0 Å². The van der Waals surface area contributed by atoms with Gasteiger partial charge in [0.2, 0.25) is 5.91 Å². The Morgan fingerprint density at radius 3 is 2.64 bits per heavy atom. The van der Waals surface area contributed by atoms with Crippen molar-refractivity contribution in [2.24, 2.45) is 5.92 Å². The lowest BCUT2D eigenvalue weighted by atomic mass is 9.94. The molecule has 6 heteroatoms. The highest BCUT2D eigenvalue weighted by molar-refractivity contribution is 5.94. The summed E-state index contributed by atoms with van der Waals surface area (Å²) in [6, 6.07) is 6.09. The molecule has 0 saturated carbocycles. The summed E-state index contributed by atoms with van der Waals surface area (Å²) >= 11 is 0. The molecule has 1 spiro atoms. The monoisotopic (exact) mass is 347 g/mol. The molecule has 2 fully saturated rings. The number of likely N-dealkylation sites (tertiary alicyclic amines) is 1. The zero-order valence-electron chi connectivity index (χ0n) is 14.9. The minimum Gasteiger partial charge on any atom is -0.338 e. The van der Waals surface area contributed by atoms with Crippen molar-refractivity contribution in [3.8, 4) is 0 Å². The van der Waals surface area contributed by atoms with E-state index in [1.54, 1.807) is 17.0 Å². The molecule has 2 aliphatic heterocycles. The Morgan fingerprint density at radius 2 is 2.00 bits per heavy atom. The van der Waals surface area contributed by atoms with Gasteiger partial charge in [0, 0.05) is 32.5 Å². The normalized spacial score (nSPS) is 21.0. The highest BCUT2D eigenvalue weighted by Crippen LogP contribution is 2.32. The number of rotatable bonds is 4. The fraction of sp³-hybridized carbons (Fsp3) is 0.579. The molecular weight excluding hydrogens is 321 g/mol. The van der Waals surface area contributed by atoms with Gasteiger partial charge in [0.1, 0.15) is 5.82 Å². The topological polar surface area (TPSA) is 52.7 Å². The van der Waals surface area contributed by atoms with Crippen LogP contribution in [0.1, 0.15) is 43.5 Å². The summed E-state index contributed by atoms with van der Waals surface area (Å²) in [5, 5.41) is 3.38. The van der Waals surface area contributed by atoms with Gasteiger partial charge in [-0.25, -0.2) is 4.39 Å². The van der Waals surface area contributed by atoms with Crippen LogP contribution in [-0.4, -0.2) is 53.5 Å². The molecule has 136 valence electrons. The molecule has 2 aliphatic rings. The Labute approximate surface area is 148 Å². The maximum Gasteiger partial charge on any atom is 0.256 e. The predicted octanol–water partition coefficient (Wildman–Crippen LogP) is 2.24. The number of carbonyl (C=O) groups is 2. The summed E-state index contributed by atoms with van der Waals surface area (Å²) in [6.07, 6.45) is 2.38. The van der Waals surface area contributed by atoms with Gasteiger partial charge in [0.05, 0.1) is 17.8 Å². The lowest BCUT2D eigenvalue weighted by Crippen LogP contribution is -2.60. The third kappa shape index (κ3) is 3.40. The average molecular weight is 347 g/mol. The number of hydrogen-bond donors (Lipinski definition) is 1. The van der Waals surface area contributed by atoms with Gasteiger partial charge in [-0.3, -0.25) is 14.9 Å². The van der Waals surface area contributed by atoms with Crippen molar-refractivity contribution >= 4 is 11.8 Å². The maximum atomic E-state index is 13.9. The lowest BCUT2D eigenvalue weighted by Gasteiger charge is -2.45. The second-order valence-electron chi connectivity index (χ2n) is 7.17. The number of nitrogens with zero attached hydrogens (tertiary/aromatic N) is 2. The minimum atomic E-state index is -0.486. The van der Waals surface area contributed by atoms with Crippen LogP contribution in [0.3, 0.4) is 0 Å². The maximum absolute atomic E-state index is 13.9. The van der Waals surface area contributed by atoms with E-state index < -0.39 is 5.82 Å². The van der Waals surface area contributed by atoms with Crippen molar-refractivity contribution in [1.82, 2.24) is 15.1 Å². The first-order chi connectivity index (χ1) is 12.0. The number of amides is 2. The Hall–Kier alpha value is -1.95. The van der Waals surface area contributed by atoms with E-state index in [4.69, 9.17) is 0 Å². The summed E-state index contributed by atoms with van der Waals surface area (Å²) in [7, 11) is 0. The van der Waals surface area contributed by atoms with Gasteiger partial charge in [-0.2, -0.15) is 0 Å². The first kappa shape index (κ1) is 17.9. The van der Waals surface area contributed by atoms with E-state index in [-0.39, 0.29) is 23.0 Å². The number of nitrogens with one attached hydrogen (secondary N) is 1. The molecule has 1 atom stereocenters. The highest BCUT2D eigenvalue weighted by atomic mass is 19.1. The van der Waals surface area contributed by atoms with Crippen molar-refractivity contribution in [2.45, 2.75) is 38.8 Å². The largest absolute Gasteiger partial charge is 0.338 e. The van der Waals surface area contributed by atoms with Crippen LogP contribution in [0.25, 0.3) is 0 Å². The molecule has 25 heavy (non-hydrogen) atoms. The van der Waals surface area contributed by atoms with E-state index in [9.17, 15) is 14.0 Å². The van der Waals surface area contributed by atoms with Crippen molar-refractivity contribution in [3.63, 3.8) is 0 Å². The first-order valence-corrected chi connectivity index (χ1v) is 9.06. The molecule has 0 radical (unpaired) electrons. The van der Waals surface area contributed by atoms with Gasteiger partial charge in [-0.15, -0.1) is 0 Å². The van der Waals surface area contributed by atoms with Crippen LogP contribution >= 0.6 is 0 Å². The summed E-state index contributed by atoms with van der Waals surface area (Å²) in [4.78, 5) is 28.5. The average Bonchev–Trinajstić information content (AvgIpc) is 2.91. The highest BCUT2D eigenvalue weighted by Gasteiger charge is 2.47. The van der Waals surface area contributed by atoms with Crippen molar-refractivity contribution in [3.05, 3.63) is 35.6 Å². The van der Waals surface area contributed by atoms with Crippen LogP contribution in [0, 0.1) is 11.7 Å². The molecule has 5 nitrogen and oxygen atoms in total. The third-order valence-corrected chi connectivity index (χ3v) is 5.56. The number of benzene rings is 1. The van der Waals surface area contributed by atoms with Crippen LogP contribution in [-0.2, 0) is 4.79 Å². The molecule has 0 aliphatic carbocycles. The molecule has 2 saturated heterocycles. The predicted molar refractivity (Wildman–Crippen MR) is 93.4 cm³/mol. The minimum absolute atomic E-state index is 0.116. The lowest BCUT2D eigenvalue weighted by molar-refractivity contribution is -0.132. The quantitative estimate of drug-likeness (QED) is 0.909. The van der Waals surface area contributed by atoms with E-state index in [2.05, 4.69) is 19.2 Å². The van der Waals surface area contributed by atoms with E-state index in [0.717, 1.165) is 13.0 Å². The van der Waals surface area contributed by atoms with Crippen LogP contribution in [0.15, 0.2) is 24.3 Å². The molecule has 1 aromatic carbocycles.